The molecule has 4 rings (SSSR count). The molecule has 2 amide bonds. The number of methoxy groups -OCH3 is 1. The number of anilines is 1. The fourth-order valence-electron chi connectivity index (χ4n) is 4.24. The number of rotatable bonds is 9. The van der Waals surface area contributed by atoms with Crippen LogP contribution in [0.1, 0.15) is 35.7 Å². The zero-order valence-electron chi connectivity index (χ0n) is 19.4. The summed E-state index contributed by atoms with van der Waals surface area (Å²) >= 11 is 0. The van der Waals surface area contributed by atoms with Crippen LogP contribution >= 0.6 is 0 Å². The minimum absolute atomic E-state index is 0.0214. The van der Waals surface area contributed by atoms with E-state index in [0.717, 1.165) is 18.4 Å². The van der Waals surface area contributed by atoms with E-state index in [-0.39, 0.29) is 30.3 Å². The van der Waals surface area contributed by atoms with Gasteiger partial charge in [-0.2, -0.15) is 0 Å². The number of amides is 2. The van der Waals surface area contributed by atoms with Gasteiger partial charge in [0, 0.05) is 39.0 Å². The number of halogens is 1. The number of carbonyl (C=O) groups is 2. The molecule has 0 saturated carbocycles. The smallest absolute Gasteiger partial charge is 0.256 e. The molecule has 1 fully saturated rings. The zero-order valence-corrected chi connectivity index (χ0v) is 19.4. The fourth-order valence-corrected chi connectivity index (χ4v) is 4.24. The number of benzene rings is 2. The molecule has 180 valence electrons. The van der Waals surface area contributed by atoms with Crippen molar-refractivity contribution in [3.05, 3.63) is 59.7 Å². The van der Waals surface area contributed by atoms with Gasteiger partial charge in [-0.05, 0) is 49.6 Å². The zero-order chi connectivity index (χ0) is 24.1. The second-order valence-corrected chi connectivity index (χ2v) is 8.35. The Labute approximate surface area is 197 Å². The van der Waals surface area contributed by atoms with Gasteiger partial charge < -0.3 is 24.3 Å². The maximum Gasteiger partial charge on any atom is 0.256 e. The first-order valence-corrected chi connectivity index (χ1v) is 11.4. The van der Waals surface area contributed by atoms with Crippen LogP contribution in [0, 0.1) is 5.82 Å². The predicted octanol–water partition coefficient (Wildman–Crippen LogP) is 3.45. The van der Waals surface area contributed by atoms with Gasteiger partial charge >= 0.3 is 0 Å². The van der Waals surface area contributed by atoms with Crippen molar-refractivity contribution < 1.29 is 23.5 Å². The number of hydrogen-bond donors (Lipinski definition) is 1. The Morgan fingerprint density at radius 3 is 2.76 bits per heavy atom. The highest BCUT2D eigenvalue weighted by atomic mass is 19.1. The van der Waals surface area contributed by atoms with Crippen molar-refractivity contribution in [2.45, 2.75) is 32.4 Å². The Hall–Kier alpha value is -3.30. The number of nitrogens with zero attached hydrogens (tertiary/aromatic N) is 3. The lowest BCUT2D eigenvalue weighted by atomic mass is 10.1. The van der Waals surface area contributed by atoms with Gasteiger partial charge in [0.2, 0.25) is 5.91 Å². The Morgan fingerprint density at radius 2 is 2.09 bits per heavy atom. The predicted molar refractivity (Wildman–Crippen MR) is 126 cm³/mol. The standard InChI is InChI=1S/C25H29FN4O4/c1-3-29(14-20-5-4-10-34-20)25(32)21-11-19(28-23(31)15-33-2)12-22-24(21)30(16-27-22)13-17-6-8-18(26)9-7-17/h6-9,11-12,16,20H,3-5,10,13-15H2,1-2H3,(H,28,31)/t20-/m1/s1. The van der Waals surface area contributed by atoms with Crippen LogP contribution in [0.4, 0.5) is 10.1 Å². The van der Waals surface area contributed by atoms with E-state index in [9.17, 15) is 14.0 Å². The lowest BCUT2D eigenvalue weighted by molar-refractivity contribution is -0.119. The van der Waals surface area contributed by atoms with E-state index in [4.69, 9.17) is 9.47 Å². The van der Waals surface area contributed by atoms with Crippen molar-refractivity contribution in [1.82, 2.24) is 14.5 Å². The van der Waals surface area contributed by atoms with Crippen LogP contribution in [-0.2, 0) is 20.8 Å². The van der Waals surface area contributed by atoms with Gasteiger partial charge in [0.05, 0.1) is 29.0 Å². The van der Waals surface area contributed by atoms with Gasteiger partial charge in [-0.1, -0.05) is 12.1 Å². The molecule has 0 spiro atoms. The minimum atomic E-state index is -0.322. The highest BCUT2D eigenvalue weighted by Crippen LogP contribution is 2.26. The molecular formula is C25H29FN4O4. The van der Waals surface area contributed by atoms with Crippen molar-refractivity contribution in [3.63, 3.8) is 0 Å². The average molecular weight is 469 g/mol. The molecule has 34 heavy (non-hydrogen) atoms. The molecule has 0 unspecified atom stereocenters. The van der Waals surface area contributed by atoms with Crippen molar-refractivity contribution >= 4 is 28.5 Å². The van der Waals surface area contributed by atoms with E-state index < -0.39 is 0 Å². The van der Waals surface area contributed by atoms with Crippen LogP contribution < -0.4 is 5.32 Å². The topological polar surface area (TPSA) is 85.7 Å². The summed E-state index contributed by atoms with van der Waals surface area (Å²) < 4.78 is 25.9. The number of nitrogens with one attached hydrogen (secondary N) is 1. The Kier molecular flexibility index (Phi) is 7.54. The SMILES string of the molecule is CCN(C[C@H]1CCCO1)C(=O)c1cc(NC(=O)COC)cc2ncn(Cc3ccc(F)cc3)c12. The third-order valence-electron chi connectivity index (χ3n) is 5.89. The lowest BCUT2D eigenvalue weighted by Crippen LogP contribution is -2.37. The van der Waals surface area contributed by atoms with Crippen LogP contribution in [-0.4, -0.2) is 65.8 Å². The molecule has 1 aliphatic rings. The van der Waals surface area contributed by atoms with E-state index in [0.29, 0.717) is 48.5 Å². The number of fused-ring (bicyclic) bond motifs is 1. The second-order valence-electron chi connectivity index (χ2n) is 8.35. The molecule has 1 saturated heterocycles. The quantitative estimate of drug-likeness (QED) is 0.520. The molecule has 3 aromatic rings. The van der Waals surface area contributed by atoms with Crippen LogP contribution in [0.3, 0.4) is 0 Å². The molecule has 2 heterocycles. The number of imidazole rings is 1. The molecule has 1 atom stereocenters. The first-order chi connectivity index (χ1) is 16.5. The maximum atomic E-state index is 13.7. The average Bonchev–Trinajstić information content (AvgIpc) is 3.48. The monoisotopic (exact) mass is 468 g/mol. The summed E-state index contributed by atoms with van der Waals surface area (Å²) in [4.78, 5) is 32.1. The summed E-state index contributed by atoms with van der Waals surface area (Å²) in [7, 11) is 1.44. The summed E-state index contributed by atoms with van der Waals surface area (Å²) in [5.74, 6) is -0.788. The first-order valence-electron chi connectivity index (χ1n) is 11.4. The van der Waals surface area contributed by atoms with Crippen LogP contribution in [0.25, 0.3) is 11.0 Å². The molecule has 1 aliphatic heterocycles. The third kappa shape index (κ3) is 5.43. The maximum absolute atomic E-state index is 13.7. The molecule has 9 heteroatoms. The minimum Gasteiger partial charge on any atom is -0.376 e. The molecule has 0 radical (unpaired) electrons. The molecule has 2 aromatic carbocycles. The molecule has 8 nitrogen and oxygen atoms in total. The summed E-state index contributed by atoms with van der Waals surface area (Å²) in [5.41, 5.74) is 3.02. The van der Waals surface area contributed by atoms with Gasteiger partial charge in [-0.25, -0.2) is 9.37 Å². The normalized spacial score (nSPS) is 15.6. The molecule has 1 aromatic heterocycles. The molecule has 0 aliphatic carbocycles. The second kappa shape index (κ2) is 10.8. The largest absolute Gasteiger partial charge is 0.376 e. The summed E-state index contributed by atoms with van der Waals surface area (Å²) in [6, 6.07) is 9.64. The number of hydrogen-bond acceptors (Lipinski definition) is 5. The summed E-state index contributed by atoms with van der Waals surface area (Å²) in [6.07, 6.45) is 3.59. The fraction of sp³-hybridized carbons (Fsp3) is 0.400. The van der Waals surface area contributed by atoms with Crippen molar-refractivity contribution in [1.29, 1.82) is 0 Å². The van der Waals surface area contributed by atoms with E-state index in [1.807, 2.05) is 11.5 Å². The van der Waals surface area contributed by atoms with E-state index in [2.05, 4.69) is 10.3 Å². The third-order valence-corrected chi connectivity index (χ3v) is 5.89. The number of carbonyl (C=O) groups excluding carboxylic acids is 2. The Balaban J connectivity index is 1.72. The van der Waals surface area contributed by atoms with Gasteiger partial charge in [0.25, 0.3) is 5.91 Å². The van der Waals surface area contributed by atoms with Gasteiger partial charge in [-0.15, -0.1) is 0 Å². The summed E-state index contributed by atoms with van der Waals surface area (Å²) in [5, 5.41) is 2.78. The van der Waals surface area contributed by atoms with Gasteiger partial charge in [-0.3, -0.25) is 9.59 Å². The number of ether oxygens (including phenoxy) is 2. The van der Waals surface area contributed by atoms with E-state index in [1.54, 1.807) is 35.5 Å². The van der Waals surface area contributed by atoms with Crippen molar-refractivity contribution in [2.24, 2.45) is 0 Å². The van der Waals surface area contributed by atoms with Crippen LogP contribution in [0.5, 0.6) is 0 Å². The van der Waals surface area contributed by atoms with Crippen molar-refractivity contribution in [2.75, 3.05) is 38.7 Å². The van der Waals surface area contributed by atoms with E-state index in [1.165, 1.54) is 19.2 Å². The Morgan fingerprint density at radius 1 is 1.29 bits per heavy atom. The first kappa shape index (κ1) is 23.8. The summed E-state index contributed by atoms with van der Waals surface area (Å²) in [6.45, 7) is 4.00. The van der Waals surface area contributed by atoms with Gasteiger partial charge in [0.1, 0.15) is 12.4 Å². The molecule has 1 N–H and O–H groups in total. The number of likely N-dealkylation sites (N-methyl/N-ethyl adjacent to an activating group) is 1. The Bertz CT molecular complexity index is 1160. The van der Waals surface area contributed by atoms with Crippen LogP contribution in [0.15, 0.2) is 42.7 Å². The number of aromatic nitrogens is 2. The van der Waals surface area contributed by atoms with Crippen LogP contribution in [0.2, 0.25) is 0 Å². The van der Waals surface area contributed by atoms with E-state index >= 15 is 0 Å². The highest BCUT2D eigenvalue weighted by molar-refractivity contribution is 6.07. The highest BCUT2D eigenvalue weighted by Gasteiger charge is 2.25. The van der Waals surface area contributed by atoms with Crippen molar-refractivity contribution in [3.8, 4) is 0 Å². The molecule has 0 bridgehead atoms. The molecular weight excluding hydrogens is 439 g/mol. The lowest BCUT2D eigenvalue weighted by Gasteiger charge is -2.25. The van der Waals surface area contributed by atoms with Gasteiger partial charge in [0.15, 0.2) is 0 Å².